The third-order valence-corrected chi connectivity index (χ3v) is 5.93. The van der Waals surface area contributed by atoms with Crippen LogP contribution in [0.1, 0.15) is 38.8 Å². The van der Waals surface area contributed by atoms with Gasteiger partial charge in [-0.1, -0.05) is 25.6 Å². The fourth-order valence-corrected chi connectivity index (χ4v) is 4.16. The minimum absolute atomic E-state index is 0.0176. The highest BCUT2D eigenvalue weighted by molar-refractivity contribution is 5.80. The number of rotatable bonds is 6. The Morgan fingerprint density at radius 1 is 1.50 bits per heavy atom. The molecule has 26 heavy (non-hydrogen) atoms. The normalized spacial score (nSPS) is 28.1. The molecule has 0 spiro atoms. The van der Waals surface area contributed by atoms with E-state index in [4.69, 9.17) is 5.11 Å². The number of amides is 1. The molecular formula is C18H28FN5O2. The van der Waals surface area contributed by atoms with Crippen LogP contribution in [0.4, 0.5) is 4.39 Å². The Labute approximate surface area is 153 Å². The van der Waals surface area contributed by atoms with Crippen LogP contribution in [-0.4, -0.2) is 56.2 Å². The second-order valence-electron chi connectivity index (χ2n) is 7.99. The molecule has 1 saturated carbocycles. The fraction of sp³-hybridized carbons (Fsp3) is 0.722. The third-order valence-electron chi connectivity index (χ3n) is 5.93. The summed E-state index contributed by atoms with van der Waals surface area (Å²) in [6.45, 7) is 9.13. The first-order valence-electron chi connectivity index (χ1n) is 9.16. The van der Waals surface area contributed by atoms with E-state index in [2.05, 4.69) is 36.1 Å². The summed E-state index contributed by atoms with van der Waals surface area (Å²) in [4.78, 5) is 13.8. The molecule has 8 heteroatoms. The predicted molar refractivity (Wildman–Crippen MR) is 94.6 cm³/mol. The molecule has 2 aliphatic rings. The lowest BCUT2D eigenvalue weighted by atomic mass is 9.79. The van der Waals surface area contributed by atoms with Crippen molar-refractivity contribution < 1.29 is 14.3 Å². The van der Waals surface area contributed by atoms with Gasteiger partial charge < -0.3 is 15.3 Å². The molecular weight excluding hydrogens is 337 g/mol. The van der Waals surface area contributed by atoms with Crippen LogP contribution in [0.2, 0.25) is 0 Å². The van der Waals surface area contributed by atoms with Crippen LogP contribution < -0.4 is 5.32 Å². The van der Waals surface area contributed by atoms with Gasteiger partial charge >= 0.3 is 0 Å². The zero-order chi connectivity index (χ0) is 18.9. The number of hydrogen-bond donors (Lipinski definition) is 2. The van der Waals surface area contributed by atoms with Gasteiger partial charge in [-0.25, -0.2) is 4.39 Å². The first-order valence-corrected chi connectivity index (χ1v) is 9.16. The number of alkyl halides is 1. The Kier molecular flexibility index (Phi) is 5.43. The van der Waals surface area contributed by atoms with E-state index < -0.39 is 6.17 Å². The topological polar surface area (TPSA) is 83.3 Å². The van der Waals surface area contributed by atoms with Crippen molar-refractivity contribution in [2.24, 2.45) is 11.3 Å². The van der Waals surface area contributed by atoms with Gasteiger partial charge in [0, 0.05) is 24.7 Å². The number of nitrogens with zero attached hydrogens (tertiary/aromatic N) is 4. The summed E-state index contributed by atoms with van der Waals surface area (Å²) in [6, 6.07) is 0.203. The number of carbonyl (C=O) groups excluding carboxylic acids is 1. The first-order chi connectivity index (χ1) is 12.3. The predicted octanol–water partition coefficient (Wildman–Crippen LogP) is 1.25. The SMILES string of the molecule is C=C1CC(F)CN1C(=O)CNC1CCC(Cn2cc(CO)nn2)C1(C)C. The number of nitrogens with one attached hydrogen (secondary N) is 1. The number of hydrogen-bond acceptors (Lipinski definition) is 5. The van der Waals surface area contributed by atoms with Crippen molar-refractivity contribution in [1.29, 1.82) is 0 Å². The van der Waals surface area contributed by atoms with Crippen molar-refractivity contribution in [3.05, 3.63) is 24.2 Å². The lowest BCUT2D eigenvalue weighted by Crippen LogP contribution is -2.46. The lowest BCUT2D eigenvalue weighted by molar-refractivity contribution is -0.128. The maximum Gasteiger partial charge on any atom is 0.240 e. The number of likely N-dealkylation sites (tertiary alicyclic amines) is 1. The summed E-state index contributed by atoms with van der Waals surface area (Å²) in [6.07, 6.45) is 3.02. The molecule has 1 aromatic heterocycles. The Morgan fingerprint density at radius 3 is 2.88 bits per heavy atom. The van der Waals surface area contributed by atoms with Gasteiger partial charge in [-0.15, -0.1) is 5.10 Å². The highest BCUT2D eigenvalue weighted by Gasteiger charge is 2.43. The monoisotopic (exact) mass is 365 g/mol. The van der Waals surface area contributed by atoms with E-state index in [1.807, 2.05) is 0 Å². The molecule has 1 amide bonds. The number of aliphatic hydroxyl groups excluding tert-OH is 1. The molecule has 144 valence electrons. The summed E-state index contributed by atoms with van der Waals surface area (Å²) in [5.74, 6) is 0.276. The molecule has 1 saturated heterocycles. The van der Waals surface area contributed by atoms with Gasteiger partial charge in [-0.2, -0.15) is 0 Å². The highest BCUT2D eigenvalue weighted by Crippen LogP contribution is 2.43. The summed E-state index contributed by atoms with van der Waals surface area (Å²) < 4.78 is 15.2. The minimum atomic E-state index is -0.995. The quantitative estimate of drug-likeness (QED) is 0.793. The Morgan fingerprint density at radius 2 is 2.27 bits per heavy atom. The molecule has 1 aromatic rings. The molecule has 3 unspecified atom stereocenters. The largest absolute Gasteiger partial charge is 0.390 e. The summed E-state index contributed by atoms with van der Waals surface area (Å²) in [5, 5.41) is 20.5. The summed E-state index contributed by atoms with van der Waals surface area (Å²) in [7, 11) is 0. The van der Waals surface area contributed by atoms with Gasteiger partial charge in [-0.05, 0) is 24.2 Å². The molecule has 2 fully saturated rings. The van der Waals surface area contributed by atoms with Crippen molar-refractivity contribution in [3.8, 4) is 0 Å². The average molecular weight is 365 g/mol. The Bertz CT molecular complexity index is 674. The number of aliphatic hydroxyl groups is 1. The molecule has 1 aliphatic heterocycles. The lowest BCUT2D eigenvalue weighted by Gasteiger charge is -2.34. The molecule has 0 aromatic carbocycles. The maximum atomic E-state index is 13.4. The maximum absolute atomic E-state index is 13.4. The molecule has 0 radical (unpaired) electrons. The number of aromatic nitrogens is 3. The molecule has 7 nitrogen and oxygen atoms in total. The van der Waals surface area contributed by atoms with Gasteiger partial charge in [0.2, 0.25) is 5.91 Å². The molecule has 3 rings (SSSR count). The molecule has 3 atom stereocenters. The van der Waals surface area contributed by atoms with E-state index >= 15 is 0 Å². The minimum Gasteiger partial charge on any atom is -0.390 e. The van der Waals surface area contributed by atoms with Crippen molar-refractivity contribution in [3.63, 3.8) is 0 Å². The van der Waals surface area contributed by atoms with Crippen LogP contribution in [0, 0.1) is 11.3 Å². The zero-order valence-corrected chi connectivity index (χ0v) is 15.5. The summed E-state index contributed by atoms with van der Waals surface area (Å²) >= 11 is 0. The van der Waals surface area contributed by atoms with Crippen LogP contribution in [0.3, 0.4) is 0 Å². The molecule has 2 N–H and O–H groups in total. The van der Waals surface area contributed by atoms with E-state index in [-0.39, 0.29) is 43.5 Å². The smallest absolute Gasteiger partial charge is 0.240 e. The van der Waals surface area contributed by atoms with E-state index in [9.17, 15) is 9.18 Å². The van der Waals surface area contributed by atoms with E-state index in [0.29, 0.717) is 17.3 Å². The Hall–Kier alpha value is -1.80. The van der Waals surface area contributed by atoms with Crippen LogP contribution >= 0.6 is 0 Å². The van der Waals surface area contributed by atoms with E-state index in [1.165, 1.54) is 4.90 Å². The van der Waals surface area contributed by atoms with Crippen molar-refractivity contribution in [2.45, 2.75) is 58.5 Å². The van der Waals surface area contributed by atoms with Crippen molar-refractivity contribution >= 4 is 5.91 Å². The molecule has 2 heterocycles. The van der Waals surface area contributed by atoms with Gasteiger partial charge in [0.1, 0.15) is 11.9 Å². The van der Waals surface area contributed by atoms with Crippen molar-refractivity contribution in [2.75, 3.05) is 13.1 Å². The van der Waals surface area contributed by atoms with Gasteiger partial charge in [0.05, 0.1) is 25.9 Å². The third kappa shape index (κ3) is 3.81. The van der Waals surface area contributed by atoms with Crippen LogP contribution in [0.25, 0.3) is 0 Å². The summed E-state index contributed by atoms with van der Waals surface area (Å²) in [5.41, 5.74) is 1.12. The van der Waals surface area contributed by atoms with E-state index in [0.717, 1.165) is 19.4 Å². The van der Waals surface area contributed by atoms with Crippen LogP contribution in [0.15, 0.2) is 18.5 Å². The second-order valence-corrected chi connectivity index (χ2v) is 7.99. The standard InChI is InChI=1S/C18H28FN5O2/c1-12-6-14(19)9-24(12)17(26)7-20-16-5-4-13(18(16,2)3)8-23-10-15(11-25)21-22-23/h10,13-14,16,20,25H,1,4-9,11H2,2-3H3. The Balaban J connectivity index is 1.54. The highest BCUT2D eigenvalue weighted by atomic mass is 19.1. The molecule has 0 bridgehead atoms. The molecule has 1 aliphatic carbocycles. The average Bonchev–Trinajstić information content (AvgIpc) is 3.25. The fourth-order valence-electron chi connectivity index (χ4n) is 4.16. The van der Waals surface area contributed by atoms with Crippen LogP contribution in [-0.2, 0) is 17.9 Å². The van der Waals surface area contributed by atoms with Gasteiger partial charge in [0.25, 0.3) is 0 Å². The van der Waals surface area contributed by atoms with Crippen LogP contribution in [0.5, 0.6) is 0 Å². The van der Waals surface area contributed by atoms with E-state index in [1.54, 1.807) is 10.9 Å². The van der Waals surface area contributed by atoms with Gasteiger partial charge in [0.15, 0.2) is 0 Å². The number of carbonyl (C=O) groups is 1. The zero-order valence-electron chi connectivity index (χ0n) is 15.5. The number of allylic oxidation sites excluding steroid dienone is 1. The van der Waals surface area contributed by atoms with Crippen molar-refractivity contribution in [1.82, 2.24) is 25.2 Å². The second kappa shape index (κ2) is 7.44. The van der Waals surface area contributed by atoms with Gasteiger partial charge in [-0.3, -0.25) is 9.48 Å². The first kappa shape index (κ1) is 19.0. The number of halogens is 1.